The van der Waals surface area contributed by atoms with E-state index in [0.29, 0.717) is 5.56 Å². The fourth-order valence-corrected chi connectivity index (χ4v) is 11.2. The molecule has 5 aromatic rings. The number of hydrogen-bond donors (Lipinski definition) is 0. The molecule has 0 N–H and O–H groups in total. The van der Waals surface area contributed by atoms with E-state index in [1.165, 1.54) is 26.7 Å². The Balaban J connectivity index is 1.53. The average Bonchev–Trinajstić information content (AvgIpc) is 3.14. The number of pyridine rings is 1. The van der Waals surface area contributed by atoms with Crippen molar-refractivity contribution in [2.24, 2.45) is 0 Å². The maximum Gasteiger partial charge on any atom is 0.131 e. The Labute approximate surface area is 240 Å². The molecule has 2 heterocycles. The standard InChI is InChI=1S/C36H38FNSi2/c1-36(2,3)31-22-25(21-24-11-9-10-12-27(24)31)33-35-30(19-20-38-33)29-18-17-28(32(37)34(29)40(35,7)8)23-13-15-26(16-14-23)39(4,5)6/h9-22H,1-8H3. The van der Waals surface area contributed by atoms with E-state index >= 15 is 4.39 Å². The molecule has 1 aliphatic heterocycles. The van der Waals surface area contributed by atoms with Crippen molar-refractivity contribution in [3.8, 4) is 33.5 Å². The second-order valence-electron chi connectivity index (χ2n) is 13.9. The van der Waals surface area contributed by atoms with Gasteiger partial charge in [-0.2, -0.15) is 0 Å². The summed E-state index contributed by atoms with van der Waals surface area (Å²) in [6, 6.07) is 28.0. The maximum atomic E-state index is 16.6. The third-order valence-corrected chi connectivity index (χ3v) is 14.2. The molecule has 40 heavy (non-hydrogen) atoms. The van der Waals surface area contributed by atoms with Crippen LogP contribution >= 0.6 is 0 Å². The maximum absolute atomic E-state index is 16.6. The van der Waals surface area contributed by atoms with Gasteiger partial charge >= 0.3 is 0 Å². The van der Waals surface area contributed by atoms with Crippen molar-refractivity contribution < 1.29 is 4.39 Å². The van der Waals surface area contributed by atoms with Gasteiger partial charge in [-0.05, 0) is 67.0 Å². The largest absolute Gasteiger partial charge is 0.256 e. The Hall–Kier alpha value is -3.35. The third kappa shape index (κ3) is 4.20. The SMILES string of the molecule is CC(C)(C)c1cc(-c2nccc3c2[Si](C)(C)c2c-3ccc(-c3ccc([Si](C)(C)C)cc3)c2F)cc2ccccc12. The third-order valence-electron chi connectivity index (χ3n) is 8.64. The highest BCUT2D eigenvalue weighted by Gasteiger charge is 2.43. The fraction of sp³-hybridized carbons (Fsp3) is 0.250. The van der Waals surface area contributed by atoms with Crippen LogP contribution in [0.15, 0.2) is 85.1 Å². The van der Waals surface area contributed by atoms with Crippen LogP contribution in [0.3, 0.4) is 0 Å². The molecule has 0 saturated carbocycles. The first kappa shape index (κ1) is 26.9. The van der Waals surface area contributed by atoms with E-state index in [1.807, 2.05) is 12.3 Å². The normalized spacial score (nSPS) is 14.3. The Morgan fingerprint density at radius 1 is 0.725 bits per heavy atom. The second kappa shape index (κ2) is 9.08. The molecule has 4 aromatic carbocycles. The molecule has 0 radical (unpaired) electrons. The topological polar surface area (TPSA) is 12.9 Å². The van der Waals surface area contributed by atoms with Gasteiger partial charge in [0.05, 0.1) is 13.8 Å². The smallest absolute Gasteiger partial charge is 0.131 e. The van der Waals surface area contributed by atoms with Gasteiger partial charge in [-0.3, -0.25) is 4.98 Å². The van der Waals surface area contributed by atoms with E-state index in [2.05, 4.69) is 126 Å². The predicted octanol–water partition coefficient (Wildman–Crippen LogP) is 8.35. The Morgan fingerprint density at radius 3 is 2.05 bits per heavy atom. The highest BCUT2D eigenvalue weighted by atomic mass is 28.3. The van der Waals surface area contributed by atoms with Crippen LogP contribution in [-0.2, 0) is 5.41 Å². The van der Waals surface area contributed by atoms with Gasteiger partial charge < -0.3 is 0 Å². The number of halogens is 1. The molecule has 0 amide bonds. The van der Waals surface area contributed by atoms with Crippen LogP contribution in [0.1, 0.15) is 26.3 Å². The molecule has 0 fully saturated rings. The number of aromatic nitrogens is 1. The number of nitrogens with zero attached hydrogens (tertiary/aromatic N) is 1. The fourth-order valence-electron chi connectivity index (χ4n) is 6.51. The lowest BCUT2D eigenvalue weighted by molar-refractivity contribution is 0.596. The number of rotatable bonds is 3. The quantitative estimate of drug-likeness (QED) is 0.202. The van der Waals surface area contributed by atoms with Crippen molar-refractivity contribution >= 4 is 42.5 Å². The Kier molecular flexibility index (Phi) is 6.10. The van der Waals surface area contributed by atoms with E-state index in [0.717, 1.165) is 33.1 Å². The Bertz CT molecular complexity index is 1790. The molecule has 202 valence electrons. The summed E-state index contributed by atoms with van der Waals surface area (Å²) >= 11 is 0. The number of benzene rings is 4. The number of hydrogen-bond acceptors (Lipinski definition) is 1. The van der Waals surface area contributed by atoms with Crippen molar-refractivity contribution in [2.75, 3.05) is 0 Å². The lowest BCUT2D eigenvalue weighted by Gasteiger charge is -2.25. The molecule has 0 bridgehead atoms. The first-order chi connectivity index (χ1) is 18.8. The summed E-state index contributed by atoms with van der Waals surface area (Å²) in [7, 11) is -3.84. The summed E-state index contributed by atoms with van der Waals surface area (Å²) in [6.07, 6.45) is 1.90. The van der Waals surface area contributed by atoms with Gasteiger partial charge in [0.2, 0.25) is 0 Å². The molecular weight excluding hydrogens is 522 g/mol. The molecule has 1 nitrogen and oxygen atoms in total. The van der Waals surface area contributed by atoms with Gasteiger partial charge in [-0.15, -0.1) is 0 Å². The second-order valence-corrected chi connectivity index (χ2v) is 23.2. The number of fused-ring (bicyclic) bond motifs is 4. The van der Waals surface area contributed by atoms with Crippen molar-refractivity contribution in [3.63, 3.8) is 0 Å². The molecule has 6 rings (SSSR count). The van der Waals surface area contributed by atoms with E-state index in [-0.39, 0.29) is 11.2 Å². The van der Waals surface area contributed by atoms with Gasteiger partial charge in [0, 0.05) is 17.3 Å². The highest BCUT2D eigenvalue weighted by molar-refractivity contribution is 7.04. The first-order valence-corrected chi connectivity index (χ1v) is 20.8. The van der Waals surface area contributed by atoms with Gasteiger partial charge in [0.1, 0.15) is 13.9 Å². The van der Waals surface area contributed by atoms with E-state index < -0.39 is 16.1 Å². The predicted molar refractivity (Wildman–Crippen MR) is 176 cm³/mol. The highest BCUT2D eigenvalue weighted by Crippen LogP contribution is 2.38. The summed E-state index contributed by atoms with van der Waals surface area (Å²) < 4.78 is 16.6. The summed E-state index contributed by atoms with van der Waals surface area (Å²) in [5, 5.41) is 6.03. The minimum Gasteiger partial charge on any atom is -0.256 e. The van der Waals surface area contributed by atoms with Crippen LogP contribution in [-0.4, -0.2) is 21.1 Å². The zero-order chi connectivity index (χ0) is 28.6. The van der Waals surface area contributed by atoms with Crippen LogP contribution in [0.2, 0.25) is 32.7 Å². The molecule has 1 aromatic heterocycles. The van der Waals surface area contributed by atoms with E-state index in [9.17, 15) is 0 Å². The molecule has 0 aliphatic carbocycles. The monoisotopic (exact) mass is 559 g/mol. The Morgan fingerprint density at radius 2 is 1.38 bits per heavy atom. The lowest BCUT2D eigenvalue weighted by Crippen LogP contribution is -2.51. The average molecular weight is 560 g/mol. The molecular formula is C36H38FNSi2. The molecule has 0 saturated heterocycles. The molecule has 0 spiro atoms. The van der Waals surface area contributed by atoms with Gasteiger partial charge in [-0.25, -0.2) is 4.39 Å². The van der Waals surface area contributed by atoms with Crippen LogP contribution in [0.4, 0.5) is 4.39 Å². The summed E-state index contributed by atoms with van der Waals surface area (Å²) in [6.45, 7) is 18.4. The van der Waals surface area contributed by atoms with E-state index in [4.69, 9.17) is 4.98 Å². The molecule has 0 unspecified atom stereocenters. The van der Waals surface area contributed by atoms with Crippen LogP contribution in [0.5, 0.6) is 0 Å². The molecule has 4 heteroatoms. The van der Waals surface area contributed by atoms with Gasteiger partial charge in [0.15, 0.2) is 0 Å². The van der Waals surface area contributed by atoms with Crippen molar-refractivity contribution in [2.45, 2.75) is 58.9 Å². The zero-order valence-corrected chi connectivity index (χ0v) is 26.9. The van der Waals surface area contributed by atoms with Crippen LogP contribution in [0, 0.1) is 5.82 Å². The minimum atomic E-state index is -2.42. The first-order valence-electron chi connectivity index (χ1n) is 14.3. The minimum absolute atomic E-state index is 0.0183. The zero-order valence-electron chi connectivity index (χ0n) is 24.9. The summed E-state index contributed by atoms with van der Waals surface area (Å²) in [5.74, 6) is -0.0639. The van der Waals surface area contributed by atoms with E-state index in [1.54, 1.807) is 0 Å². The van der Waals surface area contributed by atoms with Gasteiger partial charge in [-0.1, -0.05) is 119 Å². The van der Waals surface area contributed by atoms with Crippen LogP contribution < -0.4 is 15.6 Å². The van der Waals surface area contributed by atoms with Crippen molar-refractivity contribution in [3.05, 3.63) is 96.4 Å². The van der Waals surface area contributed by atoms with Crippen LogP contribution in [0.25, 0.3) is 44.3 Å². The van der Waals surface area contributed by atoms with Crippen molar-refractivity contribution in [1.82, 2.24) is 4.98 Å². The lowest BCUT2D eigenvalue weighted by atomic mass is 9.82. The molecule has 1 aliphatic rings. The summed E-state index contributed by atoms with van der Waals surface area (Å²) in [5.41, 5.74) is 7.24. The summed E-state index contributed by atoms with van der Waals surface area (Å²) in [4.78, 5) is 4.99. The molecule has 0 atom stereocenters. The van der Waals surface area contributed by atoms with Crippen molar-refractivity contribution in [1.29, 1.82) is 0 Å². The van der Waals surface area contributed by atoms with Gasteiger partial charge in [0.25, 0.3) is 0 Å².